The SMILES string of the molecule is COc1cccc(COc2cnc(-n3cc(C(=O)OC(C)OC(=O)OC4CCCCC4)cn3)nc2)c1. The van der Waals surface area contributed by atoms with Crippen LogP contribution in [0.25, 0.3) is 5.95 Å². The van der Waals surface area contributed by atoms with Crippen LogP contribution in [0, 0.1) is 0 Å². The fourth-order valence-electron chi connectivity index (χ4n) is 3.69. The summed E-state index contributed by atoms with van der Waals surface area (Å²) in [6.45, 7) is 1.77. The molecule has 0 N–H and O–H groups in total. The summed E-state index contributed by atoms with van der Waals surface area (Å²) >= 11 is 0. The molecular weight excluding hydrogens is 468 g/mol. The first kappa shape index (κ1) is 25.0. The topological polar surface area (TPSA) is 124 Å². The number of ether oxygens (including phenoxy) is 5. The zero-order valence-electron chi connectivity index (χ0n) is 20.2. The Morgan fingerprint density at radius 3 is 2.58 bits per heavy atom. The predicted octanol–water partition coefficient (Wildman–Crippen LogP) is 4.24. The van der Waals surface area contributed by atoms with Crippen molar-refractivity contribution in [1.29, 1.82) is 0 Å². The Balaban J connectivity index is 1.26. The molecule has 1 saturated carbocycles. The standard InChI is InChI=1S/C25H28N4O7/c1-17(35-25(31)36-20-8-4-3-5-9-20)34-23(30)19-12-28-29(15-19)24-26-13-22(14-27-24)33-16-18-7-6-10-21(11-18)32-2/h6-7,10-15,17,20H,3-5,8-9,16H2,1-2H3. The third-order valence-corrected chi connectivity index (χ3v) is 5.53. The summed E-state index contributed by atoms with van der Waals surface area (Å²) in [5, 5.41) is 4.10. The number of hydrogen-bond acceptors (Lipinski definition) is 10. The van der Waals surface area contributed by atoms with Crippen LogP contribution in [0.5, 0.6) is 11.5 Å². The monoisotopic (exact) mass is 496 g/mol. The largest absolute Gasteiger partial charge is 0.511 e. The Morgan fingerprint density at radius 2 is 1.83 bits per heavy atom. The molecule has 4 rings (SSSR count). The highest BCUT2D eigenvalue weighted by molar-refractivity contribution is 5.89. The number of hydrogen-bond donors (Lipinski definition) is 0. The van der Waals surface area contributed by atoms with Gasteiger partial charge in [-0.3, -0.25) is 0 Å². The Kier molecular flexibility index (Phi) is 8.32. The van der Waals surface area contributed by atoms with Crippen molar-refractivity contribution < 1.29 is 33.3 Å². The smallest absolute Gasteiger partial charge is 0.497 e. The van der Waals surface area contributed by atoms with Crippen LogP contribution in [0.15, 0.2) is 49.1 Å². The van der Waals surface area contributed by atoms with Crippen molar-refractivity contribution >= 4 is 12.1 Å². The van der Waals surface area contributed by atoms with Gasteiger partial charge in [-0.05, 0) is 43.4 Å². The van der Waals surface area contributed by atoms with Gasteiger partial charge in [-0.25, -0.2) is 24.2 Å². The highest BCUT2D eigenvalue weighted by Gasteiger charge is 2.22. The first-order valence-corrected chi connectivity index (χ1v) is 11.7. The molecule has 2 aromatic heterocycles. The van der Waals surface area contributed by atoms with Crippen LogP contribution < -0.4 is 9.47 Å². The lowest BCUT2D eigenvalue weighted by atomic mass is 9.98. The number of methoxy groups -OCH3 is 1. The maximum absolute atomic E-state index is 12.4. The number of carbonyl (C=O) groups excluding carboxylic acids is 2. The molecule has 0 aliphatic heterocycles. The van der Waals surface area contributed by atoms with Gasteiger partial charge in [-0.1, -0.05) is 18.6 Å². The van der Waals surface area contributed by atoms with Gasteiger partial charge in [0.2, 0.25) is 6.29 Å². The minimum absolute atomic E-state index is 0.146. The summed E-state index contributed by atoms with van der Waals surface area (Å²) in [5.74, 6) is 0.746. The van der Waals surface area contributed by atoms with E-state index in [0.717, 1.165) is 43.4 Å². The number of nitrogens with zero attached hydrogens (tertiary/aromatic N) is 4. The Bertz CT molecular complexity index is 1160. The van der Waals surface area contributed by atoms with E-state index in [1.165, 1.54) is 36.4 Å². The van der Waals surface area contributed by atoms with E-state index >= 15 is 0 Å². The van der Waals surface area contributed by atoms with Crippen molar-refractivity contribution in [2.24, 2.45) is 0 Å². The van der Waals surface area contributed by atoms with Crippen molar-refractivity contribution in [2.75, 3.05) is 7.11 Å². The minimum atomic E-state index is -1.12. The molecule has 1 aliphatic carbocycles. The predicted molar refractivity (Wildman–Crippen MR) is 126 cm³/mol. The van der Waals surface area contributed by atoms with E-state index in [9.17, 15) is 9.59 Å². The van der Waals surface area contributed by atoms with Crippen LogP contribution in [0.4, 0.5) is 4.79 Å². The second kappa shape index (κ2) is 12.0. The van der Waals surface area contributed by atoms with Gasteiger partial charge in [-0.15, -0.1) is 0 Å². The van der Waals surface area contributed by atoms with E-state index in [-0.39, 0.29) is 17.6 Å². The highest BCUT2D eigenvalue weighted by atomic mass is 16.8. The summed E-state index contributed by atoms with van der Waals surface area (Å²) in [6, 6.07) is 7.54. The fourth-order valence-corrected chi connectivity index (χ4v) is 3.69. The van der Waals surface area contributed by atoms with Gasteiger partial charge in [-0.2, -0.15) is 5.10 Å². The number of aromatic nitrogens is 4. The van der Waals surface area contributed by atoms with Gasteiger partial charge < -0.3 is 23.7 Å². The second-order valence-electron chi connectivity index (χ2n) is 8.25. The Hall–Kier alpha value is -4.15. The van der Waals surface area contributed by atoms with Crippen molar-refractivity contribution in [3.63, 3.8) is 0 Å². The highest BCUT2D eigenvalue weighted by Crippen LogP contribution is 2.21. The quantitative estimate of drug-likeness (QED) is 0.314. The van der Waals surface area contributed by atoms with E-state index in [2.05, 4.69) is 15.1 Å². The molecule has 1 fully saturated rings. The molecule has 0 amide bonds. The maximum atomic E-state index is 12.4. The number of rotatable bonds is 9. The van der Waals surface area contributed by atoms with E-state index in [1.807, 2.05) is 24.3 Å². The first-order chi connectivity index (χ1) is 17.5. The molecule has 0 bridgehead atoms. The van der Waals surface area contributed by atoms with E-state index in [4.69, 9.17) is 23.7 Å². The molecular formula is C25H28N4O7. The zero-order valence-corrected chi connectivity index (χ0v) is 20.2. The van der Waals surface area contributed by atoms with E-state index < -0.39 is 18.4 Å². The lowest BCUT2D eigenvalue weighted by molar-refractivity contribution is -0.0914. The molecule has 0 radical (unpaired) electrons. The first-order valence-electron chi connectivity index (χ1n) is 11.7. The number of carbonyl (C=O) groups is 2. The molecule has 3 aromatic rings. The summed E-state index contributed by atoms with van der Waals surface area (Å²) in [5.41, 5.74) is 1.09. The molecule has 36 heavy (non-hydrogen) atoms. The van der Waals surface area contributed by atoms with Gasteiger partial charge in [0.15, 0.2) is 5.75 Å². The molecule has 1 atom stereocenters. The van der Waals surface area contributed by atoms with Crippen LogP contribution in [0.2, 0.25) is 0 Å². The van der Waals surface area contributed by atoms with Crippen LogP contribution in [0.1, 0.15) is 54.9 Å². The van der Waals surface area contributed by atoms with Crippen LogP contribution in [0.3, 0.4) is 0 Å². The summed E-state index contributed by atoms with van der Waals surface area (Å²) in [6.07, 6.45) is 8.47. The van der Waals surface area contributed by atoms with Crippen LogP contribution in [-0.2, 0) is 20.8 Å². The number of benzene rings is 1. The molecule has 11 heteroatoms. The lowest BCUT2D eigenvalue weighted by Crippen LogP contribution is -2.26. The van der Waals surface area contributed by atoms with Gasteiger partial charge in [0.25, 0.3) is 5.95 Å². The van der Waals surface area contributed by atoms with Gasteiger partial charge in [0.1, 0.15) is 18.5 Å². The zero-order chi connectivity index (χ0) is 25.3. The average molecular weight is 497 g/mol. The molecule has 1 aliphatic rings. The third kappa shape index (κ3) is 6.94. The minimum Gasteiger partial charge on any atom is -0.497 e. The molecule has 11 nitrogen and oxygen atoms in total. The van der Waals surface area contributed by atoms with Crippen LogP contribution in [-0.4, -0.2) is 51.4 Å². The molecule has 190 valence electrons. The van der Waals surface area contributed by atoms with E-state index in [1.54, 1.807) is 7.11 Å². The van der Waals surface area contributed by atoms with Crippen molar-refractivity contribution in [3.8, 4) is 17.4 Å². The molecule has 1 unspecified atom stereocenters. The van der Waals surface area contributed by atoms with Gasteiger partial charge >= 0.3 is 12.1 Å². The Morgan fingerprint density at radius 1 is 1.06 bits per heavy atom. The second-order valence-corrected chi connectivity index (χ2v) is 8.25. The van der Waals surface area contributed by atoms with Crippen molar-refractivity contribution in [1.82, 2.24) is 19.7 Å². The third-order valence-electron chi connectivity index (χ3n) is 5.53. The number of esters is 1. The molecule has 2 heterocycles. The van der Waals surface area contributed by atoms with Crippen molar-refractivity contribution in [2.45, 2.75) is 58.0 Å². The summed E-state index contributed by atoms with van der Waals surface area (Å²) < 4.78 is 27.7. The lowest BCUT2D eigenvalue weighted by Gasteiger charge is -2.22. The van der Waals surface area contributed by atoms with Crippen LogP contribution >= 0.6 is 0 Å². The van der Waals surface area contributed by atoms with Crippen molar-refractivity contribution in [3.05, 3.63) is 60.2 Å². The summed E-state index contributed by atoms with van der Waals surface area (Å²) in [4.78, 5) is 32.8. The molecule has 0 saturated heterocycles. The van der Waals surface area contributed by atoms with Gasteiger partial charge in [0, 0.05) is 13.1 Å². The van der Waals surface area contributed by atoms with E-state index in [0.29, 0.717) is 12.4 Å². The Labute approximate surface area is 208 Å². The normalized spacial score (nSPS) is 14.5. The maximum Gasteiger partial charge on any atom is 0.511 e. The average Bonchev–Trinajstić information content (AvgIpc) is 3.39. The fraction of sp³-hybridized carbons (Fsp3) is 0.400. The molecule has 1 aromatic carbocycles. The summed E-state index contributed by atoms with van der Waals surface area (Å²) in [7, 11) is 1.61. The molecule has 0 spiro atoms. The van der Waals surface area contributed by atoms with Gasteiger partial charge in [0.05, 0.1) is 31.3 Å².